The van der Waals surface area contributed by atoms with E-state index < -0.39 is 29.2 Å². The van der Waals surface area contributed by atoms with Crippen molar-refractivity contribution in [2.45, 2.75) is 30.9 Å². The number of hydrogen-bond acceptors (Lipinski definition) is 4. The molecule has 0 aliphatic carbocycles. The SMILES string of the molecule is NC(=O)[C@@H](CC(=O)OCc1ccccc1)NC(=O)CC(c1ccccc1)(c1ccccc1)c1ccccc1. The Morgan fingerprint density at radius 3 is 1.53 bits per heavy atom. The fourth-order valence-corrected chi connectivity index (χ4v) is 4.65. The smallest absolute Gasteiger partial charge is 0.308 e. The highest BCUT2D eigenvalue weighted by Crippen LogP contribution is 2.42. The highest BCUT2D eigenvalue weighted by atomic mass is 16.5. The number of primary amides is 1. The molecule has 38 heavy (non-hydrogen) atoms. The number of benzene rings is 4. The molecule has 0 spiro atoms. The molecule has 0 unspecified atom stereocenters. The van der Waals surface area contributed by atoms with Crippen LogP contribution in [0.4, 0.5) is 0 Å². The first-order chi connectivity index (χ1) is 18.5. The Hall–Kier alpha value is -4.71. The summed E-state index contributed by atoms with van der Waals surface area (Å²) >= 11 is 0. The Balaban J connectivity index is 1.59. The Bertz CT molecular complexity index is 1250. The first-order valence-electron chi connectivity index (χ1n) is 12.4. The Morgan fingerprint density at radius 1 is 0.684 bits per heavy atom. The van der Waals surface area contributed by atoms with Crippen LogP contribution in [0.25, 0.3) is 0 Å². The maximum Gasteiger partial charge on any atom is 0.308 e. The quantitative estimate of drug-likeness (QED) is 0.231. The molecule has 0 aromatic heterocycles. The maximum atomic E-state index is 13.6. The molecule has 6 nitrogen and oxygen atoms in total. The van der Waals surface area contributed by atoms with E-state index in [2.05, 4.69) is 5.32 Å². The minimum atomic E-state index is -1.20. The van der Waals surface area contributed by atoms with Gasteiger partial charge in [-0.3, -0.25) is 14.4 Å². The lowest BCUT2D eigenvalue weighted by Gasteiger charge is -2.36. The summed E-state index contributed by atoms with van der Waals surface area (Å²) in [6, 6.07) is 37.3. The largest absolute Gasteiger partial charge is 0.461 e. The molecule has 4 aromatic rings. The van der Waals surface area contributed by atoms with Gasteiger partial charge in [-0.15, -0.1) is 0 Å². The first-order valence-corrected chi connectivity index (χ1v) is 12.4. The predicted molar refractivity (Wildman–Crippen MR) is 146 cm³/mol. The van der Waals surface area contributed by atoms with Crippen molar-refractivity contribution in [1.82, 2.24) is 5.32 Å². The highest BCUT2D eigenvalue weighted by molar-refractivity contribution is 5.90. The molecular weight excluding hydrogens is 476 g/mol. The van der Waals surface area contributed by atoms with Crippen LogP contribution < -0.4 is 11.1 Å². The summed E-state index contributed by atoms with van der Waals surface area (Å²) in [5, 5.41) is 2.70. The number of rotatable bonds is 11. The minimum Gasteiger partial charge on any atom is -0.461 e. The molecule has 0 heterocycles. The molecule has 1 atom stereocenters. The van der Waals surface area contributed by atoms with Crippen molar-refractivity contribution in [3.05, 3.63) is 144 Å². The van der Waals surface area contributed by atoms with E-state index in [9.17, 15) is 14.4 Å². The van der Waals surface area contributed by atoms with Gasteiger partial charge in [0.05, 0.1) is 11.8 Å². The topological polar surface area (TPSA) is 98.5 Å². The third kappa shape index (κ3) is 6.34. The zero-order valence-electron chi connectivity index (χ0n) is 21.0. The summed E-state index contributed by atoms with van der Waals surface area (Å²) < 4.78 is 5.30. The average molecular weight is 507 g/mol. The molecule has 0 aliphatic heterocycles. The molecule has 4 rings (SSSR count). The van der Waals surface area contributed by atoms with E-state index >= 15 is 0 Å². The standard InChI is InChI=1S/C32H30N2O4/c33-31(37)28(21-30(36)38-23-24-13-5-1-6-14-24)34-29(35)22-32(25-15-7-2-8-16-25,26-17-9-3-10-18-26)27-19-11-4-12-20-27/h1-20,28H,21-23H2,(H2,33,37)(H,34,35)/t28-/m1/s1. The zero-order chi connectivity index (χ0) is 26.8. The highest BCUT2D eigenvalue weighted by Gasteiger charge is 2.39. The number of esters is 1. The van der Waals surface area contributed by atoms with Crippen LogP contribution >= 0.6 is 0 Å². The van der Waals surface area contributed by atoms with E-state index in [1.165, 1.54) is 0 Å². The summed E-state index contributed by atoms with van der Waals surface area (Å²) in [6.45, 7) is 0.0677. The second-order valence-electron chi connectivity index (χ2n) is 9.05. The van der Waals surface area contributed by atoms with E-state index in [1.54, 1.807) is 0 Å². The lowest BCUT2D eigenvalue weighted by atomic mass is 9.67. The van der Waals surface area contributed by atoms with Crippen molar-refractivity contribution in [3.8, 4) is 0 Å². The van der Waals surface area contributed by atoms with E-state index in [-0.39, 0.29) is 19.4 Å². The zero-order valence-corrected chi connectivity index (χ0v) is 21.0. The van der Waals surface area contributed by atoms with Gasteiger partial charge < -0.3 is 15.8 Å². The van der Waals surface area contributed by atoms with Gasteiger partial charge >= 0.3 is 5.97 Å². The monoisotopic (exact) mass is 506 g/mol. The number of nitrogens with one attached hydrogen (secondary N) is 1. The van der Waals surface area contributed by atoms with Crippen LogP contribution in [0.5, 0.6) is 0 Å². The molecule has 0 saturated carbocycles. The van der Waals surface area contributed by atoms with Crippen LogP contribution in [0, 0.1) is 0 Å². The third-order valence-electron chi connectivity index (χ3n) is 6.52. The number of amides is 2. The van der Waals surface area contributed by atoms with Gasteiger partial charge in [0.15, 0.2) is 0 Å². The van der Waals surface area contributed by atoms with Gasteiger partial charge in [0.2, 0.25) is 11.8 Å². The number of carbonyl (C=O) groups is 3. The van der Waals surface area contributed by atoms with E-state index in [4.69, 9.17) is 10.5 Å². The van der Waals surface area contributed by atoms with Gasteiger partial charge in [-0.05, 0) is 22.3 Å². The summed E-state index contributed by atoms with van der Waals surface area (Å²) in [6.07, 6.45) is -0.364. The number of ether oxygens (including phenoxy) is 1. The fourth-order valence-electron chi connectivity index (χ4n) is 4.65. The van der Waals surface area contributed by atoms with Gasteiger partial charge in [0.25, 0.3) is 0 Å². The van der Waals surface area contributed by atoms with Crippen molar-refractivity contribution in [1.29, 1.82) is 0 Å². The van der Waals surface area contributed by atoms with Crippen molar-refractivity contribution >= 4 is 17.8 Å². The van der Waals surface area contributed by atoms with Crippen molar-refractivity contribution in [2.24, 2.45) is 5.73 Å². The molecule has 192 valence electrons. The van der Waals surface area contributed by atoms with Gasteiger partial charge in [-0.2, -0.15) is 0 Å². The molecule has 2 amide bonds. The summed E-state index contributed by atoms with van der Waals surface area (Å²) in [7, 11) is 0. The van der Waals surface area contributed by atoms with Gasteiger partial charge in [-0.1, -0.05) is 121 Å². The summed E-state index contributed by atoms with van der Waals surface area (Å²) in [4.78, 5) is 38.3. The maximum absolute atomic E-state index is 13.6. The summed E-state index contributed by atoms with van der Waals surface area (Å²) in [5.74, 6) is -1.85. The second-order valence-corrected chi connectivity index (χ2v) is 9.05. The molecule has 0 fully saturated rings. The molecule has 0 radical (unpaired) electrons. The van der Waals surface area contributed by atoms with Crippen LogP contribution in [0.2, 0.25) is 0 Å². The van der Waals surface area contributed by atoms with Crippen molar-refractivity contribution in [3.63, 3.8) is 0 Å². The first kappa shape index (κ1) is 26.4. The van der Waals surface area contributed by atoms with E-state index in [1.807, 2.05) is 121 Å². The minimum absolute atomic E-state index is 0.00607. The molecule has 4 aromatic carbocycles. The molecule has 0 saturated heterocycles. The lowest BCUT2D eigenvalue weighted by Crippen LogP contribution is -2.48. The van der Waals surface area contributed by atoms with Crippen LogP contribution in [-0.2, 0) is 31.1 Å². The Labute approximate surface area is 222 Å². The van der Waals surface area contributed by atoms with E-state index in [0.717, 1.165) is 22.3 Å². The molecule has 3 N–H and O–H groups in total. The predicted octanol–water partition coefficient (Wildman–Crippen LogP) is 4.51. The number of carbonyl (C=O) groups excluding carboxylic acids is 3. The number of hydrogen-bond donors (Lipinski definition) is 2. The van der Waals surface area contributed by atoms with Crippen molar-refractivity contribution < 1.29 is 19.1 Å². The summed E-state index contributed by atoms with van der Waals surface area (Å²) in [5.41, 5.74) is 8.32. The Kier molecular flexibility index (Phi) is 8.67. The van der Waals surface area contributed by atoms with Crippen LogP contribution in [-0.4, -0.2) is 23.8 Å². The molecular formula is C32H30N2O4. The lowest BCUT2D eigenvalue weighted by molar-refractivity contribution is -0.147. The van der Waals surface area contributed by atoms with Crippen LogP contribution in [0.15, 0.2) is 121 Å². The number of nitrogens with two attached hydrogens (primary N) is 1. The Morgan fingerprint density at radius 2 is 1.11 bits per heavy atom. The fraction of sp³-hybridized carbons (Fsp3) is 0.156. The normalized spacial score (nSPS) is 11.8. The van der Waals surface area contributed by atoms with Gasteiger partial charge in [0, 0.05) is 6.42 Å². The molecule has 0 aliphatic rings. The van der Waals surface area contributed by atoms with Crippen LogP contribution in [0.1, 0.15) is 35.1 Å². The van der Waals surface area contributed by atoms with Crippen LogP contribution in [0.3, 0.4) is 0 Å². The van der Waals surface area contributed by atoms with E-state index in [0.29, 0.717) is 0 Å². The molecule has 0 bridgehead atoms. The average Bonchev–Trinajstić information content (AvgIpc) is 2.96. The third-order valence-corrected chi connectivity index (χ3v) is 6.52. The van der Waals surface area contributed by atoms with Gasteiger partial charge in [-0.25, -0.2) is 0 Å². The second kappa shape index (κ2) is 12.5. The van der Waals surface area contributed by atoms with Gasteiger partial charge in [0.1, 0.15) is 12.6 Å². The molecule has 6 heteroatoms. The van der Waals surface area contributed by atoms with Crippen molar-refractivity contribution in [2.75, 3.05) is 0 Å².